The van der Waals surface area contributed by atoms with Gasteiger partial charge in [0.05, 0.1) is 33.1 Å². The van der Waals surface area contributed by atoms with Gasteiger partial charge in [-0.15, -0.1) is 0 Å². The number of para-hydroxylation sites is 4. The van der Waals surface area contributed by atoms with Crippen LogP contribution in [-0.2, 0) is 0 Å². The Labute approximate surface area is 399 Å². The van der Waals surface area contributed by atoms with Crippen LogP contribution in [0.15, 0.2) is 261 Å². The monoisotopic (exact) mass is 877 g/mol. The smallest absolute Gasteiger partial charge is 0.0541 e. The number of fused-ring (bicyclic) bond motifs is 9. The summed E-state index contributed by atoms with van der Waals surface area (Å²) >= 11 is 0. The first-order valence-electron chi connectivity index (χ1n) is 23.7. The molecule has 3 nitrogen and oxygen atoms in total. The Bertz CT molecular complexity index is 3990. The number of benzene rings is 11. The molecule has 0 saturated carbocycles. The zero-order valence-electron chi connectivity index (χ0n) is 37.7. The normalized spacial score (nSPS) is 11.8. The number of rotatable bonds is 7. The summed E-state index contributed by atoms with van der Waals surface area (Å²) in [5.74, 6) is 0. The lowest BCUT2D eigenvalue weighted by molar-refractivity contribution is 1.18. The van der Waals surface area contributed by atoms with Gasteiger partial charge in [0.25, 0.3) is 0 Å². The molecule has 0 spiro atoms. The van der Waals surface area contributed by atoms with Crippen molar-refractivity contribution in [3.05, 3.63) is 261 Å². The third kappa shape index (κ3) is 6.36. The highest BCUT2D eigenvalue weighted by molar-refractivity contribution is 6.13. The molecule has 0 aliphatic heterocycles. The minimum Gasteiger partial charge on any atom is -0.309 e. The zero-order valence-corrected chi connectivity index (χ0v) is 37.7. The lowest BCUT2D eigenvalue weighted by Crippen LogP contribution is -1.96. The fourth-order valence-corrected chi connectivity index (χ4v) is 11.0. The highest BCUT2D eigenvalue weighted by Gasteiger charge is 2.19. The Morgan fingerprint density at radius 3 is 0.841 bits per heavy atom. The van der Waals surface area contributed by atoms with Crippen molar-refractivity contribution in [1.82, 2.24) is 13.7 Å². The van der Waals surface area contributed by atoms with E-state index in [9.17, 15) is 0 Å². The molecule has 14 aromatic rings. The van der Waals surface area contributed by atoms with Crippen molar-refractivity contribution >= 4 is 65.4 Å². The number of hydrogen-bond donors (Lipinski definition) is 0. The van der Waals surface area contributed by atoms with Gasteiger partial charge in [-0.25, -0.2) is 0 Å². The molecule has 322 valence electrons. The highest BCUT2D eigenvalue weighted by atomic mass is 15.0. The summed E-state index contributed by atoms with van der Waals surface area (Å²) < 4.78 is 7.27. The zero-order chi connectivity index (χ0) is 45.4. The van der Waals surface area contributed by atoms with Crippen LogP contribution in [0.2, 0.25) is 0 Å². The third-order valence-corrected chi connectivity index (χ3v) is 14.2. The standard InChI is InChI=1S/C66H43N3/c1-3-15-44(16-4-1)46-27-33-52(34-28-46)67-63-25-13-9-21-57(63)59-42-48(31-37-65(59)67)50-39-51(41-54(40-50)69-61-23-11-7-19-55(61)56-20-8-12-24-62(56)69)49-32-38-66-60(43-49)58-22-10-14-26-64(58)68(66)53-35-29-47(30-36-53)45-17-5-2-6-18-45/h1-43H. The van der Waals surface area contributed by atoms with Crippen LogP contribution in [-0.4, -0.2) is 13.7 Å². The fraction of sp³-hybridized carbons (Fsp3) is 0. The van der Waals surface area contributed by atoms with Gasteiger partial charge < -0.3 is 13.7 Å². The van der Waals surface area contributed by atoms with Gasteiger partial charge in [0, 0.05) is 49.4 Å². The van der Waals surface area contributed by atoms with Gasteiger partial charge in [-0.1, -0.05) is 170 Å². The molecule has 0 aliphatic rings. The maximum Gasteiger partial charge on any atom is 0.0541 e. The van der Waals surface area contributed by atoms with Crippen molar-refractivity contribution in [2.75, 3.05) is 0 Å². The summed E-state index contributed by atoms with van der Waals surface area (Å²) in [6.45, 7) is 0. The summed E-state index contributed by atoms with van der Waals surface area (Å²) in [4.78, 5) is 0. The van der Waals surface area contributed by atoms with E-state index in [1.807, 2.05) is 0 Å². The van der Waals surface area contributed by atoms with E-state index >= 15 is 0 Å². The molecule has 14 rings (SSSR count). The van der Waals surface area contributed by atoms with Crippen LogP contribution < -0.4 is 0 Å². The van der Waals surface area contributed by atoms with E-state index in [0.717, 1.165) is 28.2 Å². The molecular weight excluding hydrogens is 835 g/mol. The van der Waals surface area contributed by atoms with Gasteiger partial charge in [0.2, 0.25) is 0 Å². The summed E-state index contributed by atoms with van der Waals surface area (Å²) in [6.07, 6.45) is 0. The van der Waals surface area contributed by atoms with E-state index in [1.54, 1.807) is 0 Å². The van der Waals surface area contributed by atoms with Crippen LogP contribution in [0.3, 0.4) is 0 Å². The van der Waals surface area contributed by atoms with E-state index in [-0.39, 0.29) is 0 Å². The Kier molecular flexibility index (Phi) is 8.90. The predicted octanol–water partition coefficient (Wildman–Crippen LogP) is 17.6. The molecule has 0 bridgehead atoms. The molecule has 11 aromatic carbocycles. The van der Waals surface area contributed by atoms with Crippen LogP contribution >= 0.6 is 0 Å². The Balaban J connectivity index is 0.952. The van der Waals surface area contributed by atoms with Crippen LogP contribution in [0.4, 0.5) is 0 Å². The maximum absolute atomic E-state index is 2.45. The second kappa shape index (κ2) is 15.7. The Morgan fingerprint density at radius 1 is 0.159 bits per heavy atom. The van der Waals surface area contributed by atoms with Crippen molar-refractivity contribution in [1.29, 1.82) is 0 Å². The molecule has 69 heavy (non-hydrogen) atoms. The van der Waals surface area contributed by atoms with Crippen LogP contribution in [0.25, 0.3) is 127 Å². The first-order chi connectivity index (χ1) is 34.2. The summed E-state index contributed by atoms with van der Waals surface area (Å²) in [6, 6.07) is 95.6. The van der Waals surface area contributed by atoms with E-state index in [0.29, 0.717) is 0 Å². The van der Waals surface area contributed by atoms with Crippen LogP contribution in [0.5, 0.6) is 0 Å². The van der Waals surface area contributed by atoms with Crippen molar-refractivity contribution in [2.45, 2.75) is 0 Å². The SMILES string of the molecule is c1ccc(-c2ccc(-n3c4ccccc4c4cc(-c5cc(-c6ccc7c(c6)c6ccccc6n7-c6ccc(-c7ccccc7)cc6)cc(-n6c7ccccc7c7ccccc76)c5)ccc43)cc2)cc1. The van der Waals surface area contributed by atoms with Crippen LogP contribution in [0, 0.1) is 0 Å². The first kappa shape index (κ1) is 39.0. The summed E-state index contributed by atoms with van der Waals surface area (Å²) in [7, 11) is 0. The molecular formula is C66H43N3. The van der Waals surface area contributed by atoms with E-state index in [4.69, 9.17) is 0 Å². The highest BCUT2D eigenvalue weighted by Crippen LogP contribution is 2.41. The number of aromatic nitrogens is 3. The molecule has 0 radical (unpaired) electrons. The lowest BCUT2D eigenvalue weighted by Gasteiger charge is -2.15. The number of hydrogen-bond acceptors (Lipinski definition) is 0. The van der Waals surface area contributed by atoms with Gasteiger partial charge in [0.15, 0.2) is 0 Å². The summed E-state index contributed by atoms with van der Waals surface area (Å²) in [5, 5.41) is 7.41. The second-order valence-corrected chi connectivity index (χ2v) is 18.1. The molecule has 0 unspecified atom stereocenters. The van der Waals surface area contributed by atoms with E-state index < -0.39 is 0 Å². The van der Waals surface area contributed by atoms with Gasteiger partial charge in [-0.3, -0.25) is 0 Å². The molecule has 0 fully saturated rings. The van der Waals surface area contributed by atoms with Crippen LogP contribution in [0.1, 0.15) is 0 Å². The fourth-order valence-electron chi connectivity index (χ4n) is 11.0. The Hall–Kier alpha value is -9.18. The minimum atomic E-state index is 1.13. The number of nitrogens with zero attached hydrogens (tertiary/aromatic N) is 3. The molecule has 3 aromatic heterocycles. The quantitative estimate of drug-likeness (QED) is 0.152. The lowest BCUT2D eigenvalue weighted by atomic mass is 9.96. The van der Waals surface area contributed by atoms with Crippen molar-refractivity contribution in [3.8, 4) is 61.6 Å². The molecule has 0 atom stereocenters. The average molecular weight is 878 g/mol. The molecule has 0 aliphatic carbocycles. The minimum absolute atomic E-state index is 1.13. The van der Waals surface area contributed by atoms with E-state index in [2.05, 4.69) is 275 Å². The van der Waals surface area contributed by atoms with Gasteiger partial charge in [-0.05, 0) is 136 Å². The van der Waals surface area contributed by atoms with Gasteiger partial charge >= 0.3 is 0 Å². The van der Waals surface area contributed by atoms with Gasteiger partial charge in [-0.2, -0.15) is 0 Å². The Morgan fingerprint density at radius 2 is 0.449 bits per heavy atom. The maximum atomic E-state index is 2.45. The molecule has 0 amide bonds. The second-order valence-electron chi connectivity index (χ2n) is 18.1. The third-order valence-electron chi connectivity index (χ3n) is 14.2. The van der Waals surface area contributed by atoms with Crippen molar-refractivity contribution in [3.63, 3.8) is 0 Å². The molecule has 0 saturated heterocycles. The first-order valence-corrected chi connectivity index (χ1v) is 23.7. The topological polar surface area (TPSA) is 14.8 Å². The van der Waals surface area contributed by atoms with Crippen molar-refractivity contribution < 1.29 is 0 Å². The van der Waals surface area contributed by atoms with Gasteiger partial charge in [0.1, 0.15) is 0 Å². The summed E-state index contributed by atoms with van der Waals surface area (Å²) in [5.41, 5.74) is 20.1. The average Bonchev–Trinajstić information content (AvgIpc) is 4.07. The van der Waals surface area contributed by atoms with Crippen molar-refractivity contribution in [2.24, 2.45) is 0 Å². The molecule has 3 heteroatoms. The molecule has 3 heterocycles. The largest absolute Gasteiger partial charge is 0.309 e. The van der Waals surface area contributed by atoms with E-state index in [1.165, 1.54) is 98.8 Å². The predicted molar refractivity (Wildman–Crippen MR) is 291 cm³/mol. The molecule has 0 N–H and O–H groups in total.